The lowest BCUT2D eigenvalue weighted by Crippen LogP contribution is -2.24. The van der Waals surface area contributed by atoms with E-state index in [-0.39, 0.29) is 17.6 Å². The van der Waals surface area contributed by atoms with Gasteiger partial charge in [0.1, 0.15) is 11.4 Å². The second-order valence-corrected chi connectivity index (χ2v) is 6.62. The van der Waals surface area contributed by atoms with E-state index >= 15 is 0 Å². The Hall–Kier alpha value is -1.06. The zero-order valence-corrected chi connectivity index (χ0v) is 12.6. The van der Waals surface area contributed by atoms with Crippen molar-refractivity contribution in [2.24, 2.45) is 5.92 Å². The molecule has 0 saturated carbocycles. The van der Waals surface area contributed by atoms with Crippen molar-refractivity contribution in [1.29, 1.82) is 0 Å². The standard InChI is InChI=1S/C17H24O3/c1-4-14-13(7-8-19-14)16(18)11-5-6-15-12(9-11)10-17(2,3)20-15/h5-6,9,13-14,16,18H,4,7-8,10H2,1-3H3. The minimum Gasteiger partial charge on any atom is -0.487 e. The summed E-state index contributed by atoms with van der Waals surface area (Å²) in [7, 11) is 0. The molecular weight excluding hydrogens is 252 g/mol. The summed E-state index contributed by atoms with van der Waals surface area (Å²) in [5.74, 6) is 1.18. The zero-order chi connectivity index (χ0) is 14.3. The highest BCUT2D eigenvalue weighted by Gasteiger charge is 2.35. The van der Waals surface area contributed by atoms with Gasteiger partial charge in [-0.1, -0.05) is 13.0 Å². The highest BCUT2D eigenvalue weighted by molar-refractivity contribution is 5.42. The Kier molecular flexibility index (Phi) is 3.51. The lowest BCUT2D eigenvalue weighted by molar-refractivity contribution is 0.0307. The quantitative estimate of drug-likeness (QED) is 0.921. The first kappa shape index (κ1) is 13.9. The Morgan fingerprint density at radius 3 is 2.95 bits per heavy atom. The molecule has 1 fully saturated rings. The molecule has 20 heavy (non-hydrogen) atoms. The van der Waals surface area contributed by atoms with Crippen molar-refractivity contribution in [3.63, 3.8) is 0 Å². The fourth-order valence-corrected chi connectivity index (χ4v) is 3.51. The number of aliphatic hydroxyl groups is 1. The lowest BCUT2D eigenvalue weighted by atomic mass is 9.88. The molecular formula is C17H24O3. The fraction of sp³-hybridized carbons (Fsp3) is 0.647. The monoisotopic (exact) mass is 276 g/mol. The number of fused-ring (bicyclic) bond motifs is 1. The Morgan fingerprint density at radius 1 is 1.40 bits per heavy atom. The van der Waals surface area contributed by atoms with Gasteiger partial charge >= 0.3 is 0 Å². The molecule has 3 atom stereocenters. The van der Waals surface area contributed by atoms with Crippen LogP contribution in [0.4, 0.5) is 0 Å². The van der Waals surface area contributed by atoms with Crippen molar-refractivity contribution in [3.05, 3.63) is 29.3 Å². The predicted molar refractivity (Wildman–Crippen MR) is 78.0 cm³/mol. The third-order valence-electron chi connectivity index (χ3n) is 4.50. The van der Waals surface area contributed by atoms with E-state index in [1.54, 1.807) is 0 Å². The van der Waals surface area contributed by atoms with Crippen LogP contribution in [0.1, 0.15) is 50.8 Å². The molecule has 0 spiro atoms. The fourth-order valence-electron chi connectivity index (χ4n) is 3.51. The van der Waals surface area contributed by atoms with Gasteiger partial charge in [-0.25, -0.2) is 0 Å². The number of aliphatic hydroxyl groups excluding tert-OH is 1. The Labute approximate surface area is 120 Å². The second-order valence-electron chi connectivity index (χ2n) is 6.62. The van der Waals surface area contributed by atoms with Crippen LogP contribution in [0.2, 0.25) is 0 Å². The van der Waals surface area contributed by atoms with Crippen LogP contribution in [-0.4, -0.2) is 23.4 Å². The molecule has 110 valence electrons. The molecule has 1 saturated heterocycles. The van der Waals surface area contributed by atoms with E-state index in [2.05, 4.69) is 26.8 Å². The number of hydrogen-bond donors (Lipinski definition) is 1. The summed E-state index contributed by atoms with van der Waals surface area (Å²) >= 11 is 0. The van der Waals surface area contributed by atoms with Gasteiger partial charge in [-0.3, -0.25) is 0 Å². The molecule has 2 aliphatic rings. The van der Waals surface area contributed by atoms with Gasteiger partial charge in [-0.15, -0.1) is 0 Å². The van der Waals surface area contributed by atoms with Crippen LogP contribution in [0, 0.1) is 5.92 Å². The molecule has 0 amide bonds. The van der Waals surface area contributed by atoms with E-state index < -0.39 is 6.10 Å². The van der Waals surface area contributed by atoms with Gasteiger partial charge in [-0.2, -0.15) is 0 Å². The number of rotatable bonds is 3. The van der Waals surface area contributed by atoms with Gasteiger partial charge in [0.15, 0.2) is 0 Å². The smallest absolute Gasteiger partial charge is 0.123 e. The maximum absolute atomic E-state index is 10.7. The van der Waals surface area contributed by atoms with E-state index in [0.29, 0.717) is 0 Å². The Morgan fingerprint density at radius 2 is 2.20 bits per heavy atom. The summed E-state index contributed by atoms with van der Waals surface area (Å²) in [4.78, 5) is 0. The minimum atomic E-state index is -0.434. The molecule has 1 aromatic rings. The first-order valence-electron chi connectivity index (χ1n) is 7.61. The van der Waals surface area contributed by atoms with Crippen molar-refractivity contribution in [2.45, 2.75) is 57.8 Å². The van der Waals surface area contributed by atoms with E-state index in [9.17, 15) is 5.11 Å². The van der Waals surface area contributed by atoms with Crippen LogP contribution in [-0.2, 0) is 11.2 Å². The van der Waals surface area contributed by atoms with E-state index in [0.717, 1.165) is 37.2 Å². The van der Waals surface area contributed by atoms with Crippen LogP contribution >= 0.6 is 0 Å². The maximum atomic E-state index is 10.7. The molecule has 1 aromatic carbocycles. The summed E-state index contributed by atoms with van der Waals surface area (Å²) in [6.45, 7) is 7.08. The van der Waals surface area contributed by atoms with E-state index in [4.69, 9.17) is 9.47 Å². The number of ether oxygens (including phenoxy) is 2. The topological polar surface area (TPSA) is 38.7 Å². The van der Waals surface area contributed by atoms with E-state index in [1.807, 2.05) is 12.1 Å². The van der Waals surface area contributed by atoms with Gasteiger partial charge in [-0.05, 0) is 49.9 Å². The highest BCUT2D eigenvalue weighted by Crippen LogP contribution is 2.39. The van der Waals surface area contributed by atoms with Gasteiger partial charge in [0, 0.05) is 18.9 Å². The third-order valence-corrected chi connectivity index (χ3v) is 4.50. The van der Waals surface area contributed by atoms with Crippen molar-refractivity contribution >= 4 is 0 Å². The van der Waals surface area contributed by atoms with Crippen LogP contribution in [0.3, 0.4) is 0 Å². The number of hydrogen-bond acceptors (Lipinski definition) is 3. The molecule has 3 rings (SSSR count). The van der Waals surface area contributed by atoms with Crippen LogP contribution in [0.25, 0.3) is 0 Å². The highest BCUT2D eigenvalue weighted by atomic mass is 16.5. The molecule has 0 radical (unpaired) electrons. The normalized spacial score (nSPS) is 29.0. The van der Waals surface area contributed by atoms with Crippen LogP contribution < -0.4 is 4.74 Å². The summed E-state index contributed by atoms with van der Waals surface area (Å²) in [5.41, 5.74) is 2.08. The first-order valence-corrected chi connectivity index (χ1v) is 7.61. The molecule has 3 unspecified atom stereocenters. The molecule has 2 aliphatic heterocycles. The van der Waals surface area contributed by atoms with Gasteiger partial charge in [0.25, 0.3) is 0 Å². The van der Waals surface area contributed by atoms with Crippen molar-refractivity contribution < 1.29 is 14.6 Å². The van der Waals surface area contributed by atoms with Crippen LogP contribution in [0.15, 0.2) is 18.2 Å². The molecule has 3 nitrogen and oxygen atoms in total. The second kappa shape index (κ2) is 5.05. The van der Waals surface area contributed by atoms with Crippen molar-refractivity contribution in [1.82, 2.24) is 0 Å². The molecule has 3 heteroatoms. The molecule has 0 aliphatic carbocycles. The van der Waals surface area contributed by atoms with Gasteiger partial charge < -0.3 is 14.6 Å². The Bertz CT molecular complexity index is 495. The molecule has 0 aromatic heterocycles. The zero-order valence-electron chi connectivity index (χ0n) is 12.6. The van der Waals surface area contributed by atoms with Gasteiger partial charge in [0.2, 0.25) is 0 Å². The summed E-state index contributed by atoms with van der Waals surface area (Å²) in [6.07, 6.45) is 2.56. The van der Waals surface area contributed by atoms with Gasteiger partial charge in [0.05, 0.1) is 12.2 Å². The predicted octanol–water partition coefficient (Wildman–Crippen LogP) is 3.25. The van der Waals surface area contributed by atoms with Crippen molar-refractivity contribution in [3.8, 4) is 5.75 Å². The minimum absolute atomic E-state index is 0.131. The summed E-state index contributed by atoms with van der Waals surface area (Å²) in [6, 6.07) is 6.11. The Balaban J connectivity index is 1.82. The summed E-state index contributed by atoms with van der Waals surface area (Å²) in [5, 5.41) is 10.7. The molecule has 0 bridgehead atoms. The van der Waals surface area contributed by atoms with Crippen LogP contribution in [0.5, 0.6) is 5.75 Å². The first-order chi connectivity index (χ1) is 9.50. The van der Waals surface area contributed by atoms with E-state index in [1.165, 1.54) is 5.56 Å². The largest absolute Gasteiger partial charge is 0.487 e. The van der Waals surface area contributed by atoms with Crippen molar-refractivity contribution in [2.75, 3.05) is 6.61 Å². The average Bonchev–Trinajstić information content (AvgIpc) is 2.98. The molecule has 2 heterocycles. The third kappa shape index (κ3) is 2.45. The average molecular weight is 276 g/mol. The lowest BCUT2D eigenvalue weighted by Gasteiger charge is -2.23. The SMILES string of the molecule is CCC1OCCC1C(O)c1ccc2c(c1)CC(C)(C)O2. The molecule has 1 N–H and O–H groups in total. The maximum Gasteiger partial charge on any atom is 0.123 e. The number of benzene rings is 1. The summed E-state index contributed by atoms with van der Waals surface area (Å²) < 4.78 is 11.6.